The maximum absolute atomic E-state index is 13.2. The van der Waals surface area contributed by atoms with E-state index in [9.17, 15) is 9.18 Å². The molecular weight excluding hydrogens is 431 g/mol. The van der Waals surface area contributed by atoms with Crippen molar-refractivity contribution < 1.29 is 18.7 Å². The molecule has 0 aliphatic carbocycles. The Morgan fingerprint density at radius 3 is 2.44 bits per heavy atom. The Morgan fingerprint density at radius 1 is 1.00 bits per heavy atom. The number of halogens is 1. The monoisotopic (exact) mass is 462 g/mol. The van der Waals surface area contributed by atoms with E-state index in [4.69, 9.17) is 9.47 Å². The van der Waals surface area contributed by atoms with E-state index in [0.717, 1.165) is 49.3 Å². The van der Waals surface area contributed by atoms with Crippen LogP contribution in [0.4, 0.5) is 14.9 Å². The molecule has 1 saturated heterocycles. The molecule has 1 heterocycles. The van der Waals surface area contributed by atoms with Crippen molar-refractivity contribution >= 4 is 11.8 Å². The first kappa shape index (κ1) is 23.8. The van der Waals surface area contributed by atoms with E-state index >= 15 is 0 Å². The molecule has 1 aliphatic heterocycles. The highest BCUT2D eigenvalue weighted by Crippen LogP contribution is 2.33. The third-order valence-electron chi connectivity index (χ3n) is 6.49. The number of carbonyl (C=O) groups is 1. The van der Waals surface area contributed by atoms with Gasteiger partial charge in [-0.1, -0.05) is 42.5 Å². The average Bonchev–Trinajstić information content (AvgIpc) is 2.89. The predicted octanol–water partition coefficient (Wildman–Crippen LogP) is 5.99. The normalized spacial score (nSPS) is 14.6. The number of piperidine rings is 1. The molecule has 5 nitrogen and oxygen atoms in total. The number of amides is 1. The summed E-state index contributed by atoms with van der Waals surface area (Å²) in [5.74, 6) is 0.910. The van der Waals surface area contributed by atoms with Crippen LogP contribution >= 0.6 is 0 Å². The molecule has 3 aromatic carbocycles. The van der Waals surface area contributed by atoms with Crippen LogP contribution in [-0.4, -0.2) is 38.3 Å². The van der Waals surface area contributed by atoms with Crippen LogP contribution in [0, 0.1) is 5.82 Å². The first-order valence-corrected chi connectivity index (χ1v) is 11.6. The molecule has 6 heteroatoms. The molecule has 1 aliphatic rings. The highest BCUT2D eigenvalue weighted by Gasteiger charge is 2.25. The summed E-state index contributed by atoms with van der Waals surface area (Å²) >= 11 is 0. The van der Waals surface area contributed by atoms with Crippen molar-refractivity contribution in [3.05, 3.63) is 95.3 Å². The zero-order chi connectivity index (χ0) is 23.9. The Balaban J connectivity index is 1.47. The fourth-order valence-electron chi connectivity index (χ4n) is 4.65. The summed E-state index contributed by atoms with van der Waals surface area (Å²) in [4.78, 5) is 16.7. The second-order valence-corrected chi connectivity index (χ2v) is 8.63. The molecule has 0 saturated carbocycles. The molecule has 0 aromatic heterocycles. The highest BCUT2D eigenvalue weighted by molar-refractivity contribution is 5.87. The van der Waals surface area contributed by atoms with E-state index in [1.54, 1.807) is 12.0 Å². The van der Waals surface area contributed by atoms with Gasteiger partial charge >= 0.3 is 6.09 Å². The molecule has 0 spiro atoms. The van der Waals surface area contributed by atoms with Crippen LogP contribution in [0.5, 0.6) is 5.75 Å². The van der Waals surface area contributed by atoms with Crippen molar-refractivity contribution in [2.24, 2.45) is 0 Å². The maximum atomic E-state index is 13.2. The number of anilines is 1. The van der Waals surface area contributed by atoms with Crippen LogP contribution in [0.3, 0.4) is 0 Å². The first-order chi connectivity index (χ1) is 16.6. The van der Waals surface area contributed by atoms with E-state index < -0.39 is 6.09 Å². The molecule has 3 aromatic rings. The average molecular weight is 463 g/mol. The number of hydrogen-bond acceptors (Lipinski definition) is 4. The van der Waals surface area contributed by atoms with Crippen LogP contribution in [0.15, 0.2) is 72.8 Å². The lowest BCUT2D eigenvalue weighted by Gasteiger charge is -2.33. The zero-order valence-electron chi connectivity index (χ0n) is 19.7. The quantitative estimate of drug-likeness (QED) is 0.433. The minimum absolute atomic E-state index is 0.200. The summed E-state index contributed by atoms with van der Waals surface area (Å²) in [5, 5.41) is 0. The van der Waals surface area contributed by atoms with Gasteiger partial charge in [-0.3, -0.25) is 9.80 Å². The molecule has 4 rings (SSSR count). The Bertz CT molecular complexity index is 1090. The second-order valence-electron chi connectivity index (χ2n) is 8.63. The van der Waals surface area contributed by atoms with Gasteiger partial charge in [0, 0.05) is 12.6 Å². The van der Waals surface area contributed by atoms with Gasteiger partial charge in [-0.15, -0.1) is 0 Å². The van der Waals surface area contributed by atoms with Crippen LogP contribution in [0.2, 0.25) is 0 Å². The molecule has 0 radical (unpaired) electrons. The Kier molecular flexibility index (Phi) is 7.80. The standard InChI is InChI=1S/C28H31FN2O3/c1-33-26-8-5-7-25(18-26)31(28(32)34-2)20-23-6-3-4-9-27(23)22-14-16-30(17-15-22)19-21-10-12-24(29)13-11-21/h3-13,18,22H,14-17,19-20H2,1-2H3. The summed E-state index contributed by atoms with van der Waals surface area (Å²) < 4.78 is 23.6. The molecule has 1 amide bonds. The van der Waals surface area contributed by atoms with Crippen molar-refractivity contribution in [2.75, 3.05) is 32.2 Å². The number of hydrogen-bond donors (Lipinski definition) is 0. The Hall–Kier alpha value is -3.38. The second kappa shape index (κ2) is 11.2. The summed E-state index contributed by atoms with van der Waals surface area (Å²) in [5.41, 5.74) is 4.26. The minimum atomic E-state index is -0.405. The van der Waals surface area contributed by atoms with Crippen LogP contribution in [-0.2, 0) is 17.8 Å². The molecule has 178 valence electrons. The van der Waals surface area contributed by atoms with Gasteiger partial charge in [-0.05, 0) is 72.8 Å². The molecule has 0 atom stereocenters. The van der Waals surface area contributed by atoms with Gasteiger partial charge in [0.1, 0.15) is 11.6 Å². The molecule has 34 heavy (non-hydrogen) atoms. The van der Waals surface area contributed by atoms with Gasteiger partial charge in [-0.2, -0.15) is 0 Å². The lowest BCUT2D eigenvalue weighted by Crippen LogP contribution is -2.33. The van der Waals surface area contributed by atoms with Gasteiger partial charge in [0.25, 0.3) is 0 Å². The van der Waals surface area contributed by atoms with Gasteiger partial charge in [0.05, 0.1) is 26.5 Å². The van der Waals surface area contributed by atoms with Crippen molar-refractivity contribution in [1.29, 1.82) is 0 Å². The number of rotatable bonds is 7. The smallest absolute Gasteiger partial charge is 0.414 e. The minimum Gasteiger partial charge on any atom is -0.497 e. The largest absolute Gasteiger partial charge is 0.497 e. The molecular formula is C28H31FN2O3. The van der Waals surface area contributed by atoms with Gasteiger partial charge in [-0.25, -0.2) is 9.18 Å². The van der Waals surface area contributed by atoms with E-state index in [1.807, 2.05) is 42.5 Å². The van der Waals surface area contributed by atoms with Crippen LogP contribution in [0.1, 0.15) is 35.4 Å². The van der Waals surface area contributed by atoms with E-state index in [2.05, 4.69) is 23.1 Å². The Morgan fingerprint density at radius 2 is 1.74 bits per heavy atom. The van der Waals surface area contributed by atoms with E-state index in [1.165, 1.54) is 24.8 Å². The predicted molar refractivity (Wildman–Crippen MR) is 132 cm³/mol. The molecule has 0 N–H and O–H groups in total. The first-order valence-electron chi connectivity index (χ1n) is 11.6. The lowest BCUT2D eigenvalue weighted by molar-refractivity contribution is 0.178. The maximum Gasteiger partial charge on any atom is 0.414 e. The molecule has 0 unspecified atom stereocenters. The number of carbonyl (C=O) groups excluding carboxylic acids is 1. The van der Waals surface area contributed by atoms with Gasteiger partial charge < -0.3 is 9.47 Å². The fraction of sp³-hybridized carbons (Fsp3) is 0.321. The third kappa shape index (κ3) is 5.75. The summed E-state index contributed by atoms with van der Waals surface area (Å²) in [7, 11) is 3.01. The van der Waals surface area contributed by atoms with Crippen molar-refractivity contribution in [1.82, 2.24) is 4.90 Å². The Labute approximate surface area is 200 Å². The highest BCUT2D eigenvalue weighted by atomic mass is 19.1. The third-order valence-corrected chi connectivity index (χ3v) is 6.49. The topological polar surface area (TPSA) is 42.0 Å². The lowest BCUT2D eigenvalue weighted by atomic mass is 9.86. The number of methoxy groups -OCH3 is 2. The van der Waals surface area contributed by atoms with Gasteiger partial charge in [0.2, 0.25) is 0 Å². The van der Waals surface area contributed by atoms with Crippen molar-refractivity contribution in [3.63, 3.8) is 0 Å². The number of ether oxygens (including phenoxy) is 2. The summed E-state index contributed by atoms with van der Waals surface area (Å²) in [6.45, 7) is 3.21. The van der Waals surface area contributed by atoms with E-state index in [0.29, 0.717) is 18.2 Å². The molecule has 1 fully saturated rings. The number of likely N-dealkylation sites (tertiary alicyclic amines) is 1. The van der Waals surface area contributed by atoms with Gasteiger partial charge in [0.15, 0.2) is 0 Å². The van der Waals surface area contributed by atoms with Crippen molar-refractivity contribution in [3.8, 4) is 5.75 Å². The summed E-state index contributed by atoms with van der Waals surface area (Å²) in [6.07, 6.45) is 1.67. The summed E-state index contributed by atoms with van der Waals surface area (Å²) in [6, 6.07) is 22.6. The number of nitrogens with zero attached hydrogens (tertiary/aromatic N) is 2. The zero-order valence-corrected chi connectivity index (χ0v) is 19.7. The SMILES string of the molecule is COC(=O)N(Cc1ccccc1C1CCN(Cc2ccc(F)cc2)CC1)c1cccc(OC)c1. The van der Waals surface area contributed by atoms with E-state index in [-0.39, 0.29) is 5.82 Å². The van der Waals surface area contributed by atoms with Crippen LogP contribution < -0.4 is 9.64 Å². The number of benzene rings is 3. The fourth-order valence-corrected chi connectivity index (χ4v) is 4.65. The van der Waals surface area contributed by atoms with Crippen molar-refractivity contribution in [2.45, 2.75) is 31.8 Å². The molecule has 0 bridgehead atoms. The van der Waals surface area contributed by atoms with Crippen LogP contribution in [0.25, 0.3) is 0 Å².